The lowest BCUT2D eigenvalue weighted by molar-refractivity contribution is 1.29. The Morgan fingerprint density at radius 3 is 2.92 bits per heavy atom. The second-order valence-electron chi connectivity index (χ2n) is 2.18. The lowest BCUT2D eigenvalue weighted by atomic mass is 10.4. The van der Waals surface area contributed by atoms with Crippen molar-refractivity contribution < 1.29 is 0 Å². The predicted molar refractivity (Wildman–Crippen MR) is 50.4 cm³/mol. The Kier molecular flexibility index (Phi) is 2.06. The number of hydrogen-bond acceptors (Lipinski definition) is 3. The topological polar surface area (TPSA) is 25.8 Å². The van der Waals surface area contributed by atoms with Crippen LogP contribution in [0.15, 0.2) is 29.8 Å². The van der Waals surface area contributed by atoms with Crippen LogP contribution in [0.1, 0.15) is 0 Å². The summed E-state index contributed by atoms with van der Waals surface area (Å²) in [5.74, 6) is 0. The van der Waals surface area contributed by atoms with Crippen LogP contribution in [0.4, 0.5) is 0 Å². The van der Waals surface area contributed by atoms with Crippen molar-refractivity contribution in [2.24, 2.45) is 0 Å². The van der Waals surface area contributed by atoms with Gasteiger partial charge in [-0.2, -0.15) is 0 Å². The number of rotatable bonds is 1. The fourth-order valence-electron chi connectivity index (χ4n) is 0.877. The fourth-order valence-corrected chi connectivity index (χ4v) is 1.65. The number of aromatic nitrogens is 2. The molecule has 0 aliphatic heterocycles. The number of nitrogens with zero attached hydrogens (tertiary/aromatic N) is 2. The minimum atomic E-state index is 0.503. The molecule has 2 heterocycles. The van der Waals surface area contributed by atoms with E-state index in [0.717, 1.165) is 10.7 Å². The van der Waals surface area contributed by atoms with Crippen LogP contribution in [0.5, 0.6) is 0 Å². The van der Waals surface area contributed by atoms with Crippen LogP contribution in [0, 0.1) is 0 Å². The molecular weight excluding hydrogens is 192 g/mol. The molecule has 0 fully saturated rings. The third-order valence-corrected chi connectivity index (χ3v) is 2.37. The van der Waals surface area contributed by atoms with E-state index in [1.165, 1.54) is 0 Å². The van der Waals surface area contributed by atoms with Crippen molar-refractivity contribution in [3.05, 3.63) is 34.9 Å². The van der Waals surface area contributed by atoms with Crippen LogP contribution in [-0.2, 0) is 0 Å². The zero-order valence-electron chi connectivity index (χ0n) is 6.07. The van der Waals surface area contributed by atoms with E-state index in [9.17, 15) is 0 Å². The molecule has 4 heteroatoms. The molecule has 2 aromatic heterocycles. The van der Waals surface area contributed by atoms with Gasteiger partial charge in [0.15, 0.2) is 0 Å². The van der Waals surface area contributed by atoms with Crippen molar-refractivity contribution in [3.8, 4) is 10.7 Å². The SMILES string of the molecule is Clc1cccc(-c2nccs2)n1. The molecule has 0 saturated carbocycles. The van der Waals surface area contributed by atoms with Crippen molar-refractivity contribution in [2.75, 3.05) is 0 Å². The fraction of sp³-hybridized carbons (Fsp3) is 0. The van der Waals surface area contributed by atoms with E-state index >= 15 is 0 Å². The van der Waals surface area contributed by atoms with Gasteiger partial charge in [-0.05, 0) is 12.1 Å². The van der Waals surface area contributed by atoms with Gasteiger partial charge in [0.2, 0.25) is 0 Å². The number of hydrogen-bond donors (Lipinski definition) is 0. The normalized spacial score (nSPS) is 10.1. The zero-order valence-corrected chi connectivity index (χ0v) is 7.64. The van der Waals surface area contributed by atoms with Crippen LogP contribution in [-0.4, -0.2) is 9.97 Å². The molecule has 0 spiro atoms. The average Bonchev–Trinajstić information content (AvgIpc) is 2.56. The molecular formula is C8H5ClN2S. The molecule has 0 bridgehead atoms. The molecule has 0 aliphatic carbocycles. The first-order valence-electron chi connectivity index (χ1n) is 3.39. The minimum absolute atomic E-state index is 0.503. The highest BCUT2D eigenvalue weighted by Gasteiger charge is 2.00. The monoisotopic (exact) mass is 196 g/mol. The Bertz CT molecular complexity index is 372. The first kappa shape index (κ1) is 7.71. The molecule has 0 atom stereocenters. The maximum atomic E-state index is 5.73. The summed E-state index contributed by atoms with van der Waals surface area (Å²) in [6.45, 7) is 0. The van der Waals surface area contributed by atoms with Crippen molar-refractivity contribution in [2.45, 2.75) is 0 Å². The molecule has 0 N–H and O–H groups in total. The van der Waals surface area contributed by atoms with Crippen LogP contribution in [0.3, 0.4) is 0 Å². The third kappa shape index (κ3) is 1.47. The Labute approximate surface area is 78.9 Å². The number of thiazole rings is 1. The lowest BCUT2D eigenvalue weighted by Crippen LogP contribution is -1.80. The Morgan fingerprint density at radius 2 is 2.25 bits per heavy atom. The number of pyridine rings is 1. The van der Waals surface area contributed by atoms with E-state index < -0.39 is 0 Å². The Morgan fingerprint density at radius 1 is 1.33 bits per heavy atom. The molecule has 2 nitrogen and oxygen atoms in total. The zero-order chi connectivity index (χ0) is 8.39. The van der Waals surface area contributed by atoms with Gasteiger partial charge in [0.05, 0.1) is 0 Å². The Hall–Kier alpha value is -0.930. The van der Waals surface area contributed by atoms with Crippen LogP contribution in [0.25, 0.3) is 10.7 Å². The first-order chi connectivity index (χ1) is 5.86. The van der Waals surface area contributed by atoms with Crippen LogP contribution >= 0.6 is 22.9 Å². The highest BCUT2D eigenvalue weighted by molar-refractivity contribution is 7.13. The summed E-state index contributed by atoms with van der Waals surface area (Å²) in [6.07, 6.45) is 1.75. The molecule has 2 aromatic rings. The van der Waals surface area contributed by atoms with E-state index in [1.54, 1.807) is 23.6 Å². The van der Waals surface area contributed by atoms with Gasteiger partial charge in [0.1, 0.15) is 15.9 Å². The van der Waals surface area contributed by atoms with Gasteiger partial charge in [-0.3, -0.25) is 0 Å². The highest BCUT2D eigenvalue weighted by atomic mass is 35.5. The Balaban J connectivity index is 2.48. The molecule has 0 unspecified atom stereocenters. The summed E-state index contributed by atoms with van der Waals surface area (Å²) < 4.78 is 0. The van der Waals surface area contributed by atoms with Gasteiger partial charge < -0.3 is 0 Å². The summed E-state index contributed by atoms with van der Waals surface area (Å²) in [7, 11) is 0. The molecule has 60 valence electrons. The summed E-state index contributed by atoms with van der Waals surface area (Å²) in [5, 5.41) is 3.32. The van der Waals surface area contributed by atoms with Crippen molar-refractivity contribution in [3.63, 3.8) is 0 Å². The van der Waals surface area contributed by atoms with Gasteiger partial charge in [-0.25, -0.2) is 9.97 Å². The van der Waals surface area contributed by atoms with Gasteiger partial charge in [0.25, 0.3) is 0 Å². The molecule has 12 heavy (non-hydrogen) atoms. The van der Waals surface area contributed by atoms with E-state index in [-0.39, 0.29) is 0 Å². The minimum Gasteiger partial charge on any atom is -0.243 e. The molecule has 0 aliphatic rings. The second-order valence-corrected chi connectivity index (χ2v) is 3.46. The number of halogens is 1. The first-order valence-corrected chi connectivity index (χ1v) is 4.64. The van der Waals surface area contributed by atoms with Crippen LogP contribution in [0.2, 0.25) is 5.15 Å². The summed E-state index contributed by atoms with van der Waals surface area (Å²) in [6, 6.07) is 5.51. The maximum absolute atomic E-state index is 5.73. The van der Waals surface area contributed by atoms with E-state index in [4.69, 9.17) is 11.6 Å². The maximum Gasteiger partial charge on any atom is 0.141 e. The summed E-state index contributed by atoms with van der Waals surface area (Å²) in [4.78, 5) is 8.25. The molecule has 0 radical (unpaired) electrons. The molecule has 2 rings (SSSR count). The van der Waals surface area contributed by atoms with Gasteiger partial charge in [-0.15, -0.1) is 11.3 Å². The lowest BCUT2D eigenvalue weighted by Gasteiger charge is -1.94. The molecule has 0 aromatic carbocycles. The smallest absolute Gasteiger partial charge is 0.141 e. The third-order valence-electron chi connectivity index (χ3n) is 1.37. The van der Waals surface area contributed by atoms with Gasteiger partial charge in [-0.1, -0.05) is 17.7 Å². The largest absolute Gasteiger partial charge is 0.243 e. The van der Waals surface area contributed by atoms with Crippen molar-refractivity contribution in [1.82, 2.24) is 9.97 Å². The quantitative estimate of drug-likeness (QED) is 0.656. The van der Waals surface area contributed by atoms with Crippen molar-refractivity contribution >= 4 is 22.9 Å². The summed E-state index contributed by atoms with van der Waals surface area (Å²) >= 11 is 7.28. The summed E-state index contributed by atoms with van der Waals surface area (Å²) in [5.41, 5.74) is 0.831. The average molecular weight is 197 g/mol. The second kappa shape index (κ2) is 3.21. The van der Waals surface area contributed by atoms with E-state index in [2.05, 4.69) is 9.97 Å². The molecule has 0 saturated heterocycles. The van der Waals surface area contributed by atoms with Crippen LogP contribution < -0.4 is 0 Å². The molecule has 0 amide bonds. The van der Waals surface area contributed by atoms with Gasteiger partial charge in [0, 0.05) is 11.6 Å². The van der Waals surface area contributed by atoms with E-state index in [0.29, 0.717) is 5.15 Å². The predicted octanol–water partition coefficient (Wildman–Crippen LogP) is 2.86. The van der Waals surface area contributed by atoms with Crippen molar-refractivity contribution in [1.29, 1.82) is 0 Å². The standard InChI is InChI=1S/C8H5ClN2S/c9-7-3-1-2-6(11-7)8-10-4-5-12-8/h1-5H. The van der Waals surface area contributed by atoms with Gasteiger partial charge >= 0.3 is 0 Å². The van der Waals surface area contributed by atoms with E-state index in [1.807, 2.05) is 17.5 Å². The highest BCUT2D eigenvalue weighted by Crippen LogP contribution is 2.20.